The molecule has 1 N–H and O–H groups in total. The molecule has 0 aliphatic rings. The fourth-order valence-electron chi connectivity index (χ4n) is 2.55. The average molecular weight is 403 g/mol. The highest BCUT2D eigenvalue weighted by atomic mass is 32.2. The third-order valence-corrected chi connectivity index (χ3v) is 5.58. The molecule has 0 spiro atoms. The number of rotatable bonds is 7. The minimum absolute atomic E-state index is 0.145. The maximum Gasteiger partial charge on any atom is 0.276 e. The second-order valence-corrected chi connectivity index (χ2v) is 9.96. The van der Waals surface area contributed by atoms with Gasteiger partial charge < -0.3 is 4.74 Å². The van der Waals surface area contributed by atoms with Crippen LogP contribution in [0, 0.1) is 12.8 Å². The van der Waals surface area contributed by atoms with Crippen LogP contribution >= 0.6 is 0 Å². The van der Waals surface area contributed by atoms with E-state index in [1.54, 1.807) is 13.0 Å². The van der Waals surface area contributed by atoms with Crippen LogP contribution in [0.15, 0.2) is 52.5 Å². The zero-order valence-electron chi connectivity index (χ0n) is 17.5. The van der Waals surface area contributed by atoms with Gasteiger partial charge in [0.1, 0.15) is 5.75 Å². The van der Waals surface area contributed by atoms with E-state index in [2.05, 4.69) is 23.8 Å². The molecule has 0 bridgehead atoms. The van der Waals surface area contributed by atoms with Crippen molar-refractivity contribution in [3.8, 4) is 5.75 Å². The van der Waals surface area contributed by atoms with Crippen molar-refractivity contribution < 1.29 is 13.2 Å². The van der Waals surface area contributed by atoms with Gasteiger partial charge in [-0.1, -0.05) is 58.9 Å². The van der Waals surface area contributed by atoms with Crippen molar-refractivity contribution in [1.82, 2.24) is 4.83 Å². The van der Waals surface area contributed by atoms with Crippen LogP contribution in [0.2, 0.25) is 0 Å². The lowest BCUT2D eigenvalue weighted by Gasteiger charge is -2.20. The van der Waals surface area contributed by atoms with Gasteiger partial charge in [0.25, 0.3) is 10.0 Å². The number of nitrogens with one attached hydrogen (secondary N) is 1. The first-order valence-electron chi connectivity index (χ1n) is 9.38. The zero-order chi connectivity index (χ0) is 20.9. The first kappa shape index (κ1) is 22.0. The molecule has 6 heteroatoms. The molecule has 0 aliphatic heterocycles. The molecule has 2 rings (SSSR count). The lowest BCUT2D eigenvalue weighted by molar-refractivity contribution is 0.270. The summed E-state index contributed by atoms with van der Waals surface area (Å²) in [5.41, 5.74) is 2.20. The Kier molecular flexibility index (Phi) is 6.88. The standard InChI is InChI=1S/C22H30N2O3S/c1-16(2)15-27-20-10-8-7-9-18(20)14-23-24-28(25,26)21-13-19(22(4,5)6)12-11-17(21)3/h7-14,16,24H,15H2,1-6H3/b23-14+. The maximum absolute atomic E-state index is 12.8. The quantitative estimate of drug-likeness (QED) is 0.542. The highest BCUT2D eigenvalue weighted by Gasteiger charge is 2.21. The van der Waals surface area contributed by atoms with Crippen LogP contribution in [-0.2, 0) is 15.4 Å². The normalized spacial score (nSPS) is 12.5. The molecule has 0 atom stereocenters. The van der Waals surface area contributed by atoms with Gasteiger partial charge in [0.2, 0.25) is 0 Å². The summed E-state index contributed by atoms with van der Waals surface area (Å²) in [4.78, 5) is 2.56. The number of hydrazone groups is 1. The van der Waals surface area contributed by atoms with Crippen LogP contribution in [0.4, 0.5) is 0 Å². The molecule has 28 heavy (non-hydrogen) atoms. The summed E-state index contributed by atoms with van der Waals surface area (Å²) in [6, 6.07) is 12.9. The van der Waals surface area contributed by atoms with Crippen LogP contribution in [0.1, 0.15) is 51.3 Å². The summed E-state index contributed by atoms with van der Waals surface area (Å²) < 4.78 is 31.3. The minimum Gasteiger partial charge on any atom is -0.493 e. The van der Waals surface area contributed by atoms with Crippen molar-refractivity contribution in [2.45, 2.75) is 51.9 Å². The molecular weight excluding hydrogens is 372 g/mol. The number of hydrogen-bond acceptors (Lipinski definition) is 4. The molecule has 0 saturated heterocycles. The summed E-state index contributed by atoms with van der Waals surface area (Å²) in [6.07, 6.45) is 1.47. The Morgan fingerprint density at radius 1 is 1.14 bits per heavy atom. The van der Waals surface area contributed by atoms with Crippen molar-refractivity contribution in [2.75, 3.05) is 6.61 Å². The topological polar surface area (TPSA) is 67.8 Å². The Balaban J connectivity index is 2.23. The van der Waals surface area contributed by atoms with Crippen molar-refractivity contribution in [3.05, 3.63) is 59.2 Å². The average Bonchev–Trinajstić information content (AvgIpc) is 2.60. The highest BCUT2D eigenvalue weighted by Crippen LogP contribution is 2.26. The van der Waals surface area contributed by atoms with Gasteiger partial charge in [0, 0.05) is 5.56 Å². The molecule has 0 amide bonds. The summed E-state index contributed by atoms with van der Waals surface area (Å²) in [6.45, 7) is 12.6. The van der Waals surface area contributed by atoms with E-state index in [0.717, 1.165) is 5.56 Å². The van der Waals surface area contributed by atoms with E-state index in [0.29, 0.717) is 29.4 Å². The molecule has 0 unspecified atom stereocenters. The SMILES string of the molecule is Cc1ccc(C(C)(C)C)cc1S(=O)(=O)N/N=C/c1ccccc1OCC(C)C. The minimum atomic E-state index is -3.77. The summed E-state index contributed by atoms with van der Waals surface area (Å²) in [7, 11) is -3.77. The fourth-order valence-corrected chi connectivity index (χ4v) is 3.61. The van der Waals surface area contributed by atoms with Gasteiger partial charge in [-0.2, -0.15) is 13.5 Å². The first-order valence-corrected chi connectivity index (χ1v) is 10.9. The van der Waals surface area contributed by atoms with E-state index >= 15 is 0 Å². The number of hydrogen-bond donors (Lipinski definition) is 1. The van der Waals surface area contributed by atoms with Crippen molar-refractivity contribution in [1.29, 1.82) is 0 Å². The van der Waals surface area contributed by atoms with Crippen LogP contribution in [0.3, 0.4) is 0 Å². The van der Waals surface area contributed by atoms with Gasteiger partial charge in [-0.25, -0.2) is 4.83 Å². The number of nitrogens with zero attached hydrogens (tertiary/aromatic N) is 1. The lowest BCUT2D eigenvalue weighted by atomic mass is 9.87. The molecule has 0 radical (unpaired) electrons. The largest absolute Gasteiger partial charge is 0.493 e. The van der Waals surface area contributed by atoms with Gasteiger partial charge in [0.15, 0.2) is 0 Å². The molecule has 0 aromatic heterocycles. The number of sulfonamides is 1. The van der Waals surface area contributed by atoms with Crippen LogP contribution in [0.25, 0.3) is 0 Å². The predicted octanol–water partition coefficient (Wildman–Crippen LogP) is 4.64. The Labute approximate surface area is 168 Å². The summed E-state index contributed by atoms with van der Waals surface area (Å²) >= 11 is 0. The molecule has 5 nitrogen and oxygen atoms in total. The second kappa shape index (κ2) is 8.78. The molecule has 2 aromatic rings. The van der Waals surface area contributed by atoms with E-state index in [4.69, 9.17) is 4.74 Å². The van der Waals surface area contributed by atoms with Crippen LogP contribution in [0.5, 0.6) is 5.75 Å². The fraction of sp³-hybridized carbons (Fsp3) is 0.409. The Bertz CT molecular complexity index is 942. The van der Waals surface area contributed by atoms with Crippen LogP contribution < -0.4 is 9.57 Å². The van der Waals surface area contributed by atoms with E-state index < -0.39 is 10.0 Å². The van der Waals surface area contributed by atoms with Gasteiger partial charge >= 0.3 is 0 Å². The third-order valence-electron chi connectivity index (χ3n) is 4.21. The third kappa shape index (κ3) is 5.83. The van der Waals surface area contributed by atoms with E-state index in [-0.39, 0.29) is 10.3 Å². The number of benzene rings is 2. The number of para-hydroxylation sites is 1. The van der Waals surface area contributed by atoms with E-state index in [1.807, 2.05) is 57.2 Å². The van der Waals surface area contributed by atoms with E-state index in [1.165, 1.54) is 6.21 Å². The van der Waals surface area contributed by atoms with Gasteiger partial charge in [-0.05, 0) is 47.6 Å². The van der Waals surface area contributed by atoms with Crippen LogP contribution in [-0.4, -0.2) is 21.2 Å². The maximum atomic E-state index is 12.8. The molecule has 0 aliphatic carbocycles. The highest BCUT2D eigenvalue weighted by molar-refractivity contribution is 7.89. The molecular formula is C22H30N2O3S. The van der Waals surface area contributed by atoms with Crippen molar-refractivity contribution in [2.24, 2.45) is 11.0 Å². The Morgan fingerprint density at radius 2 is 1.82 bits per heavy atom. The zero-order valence-corrected chi connectivity index (χ0v) is 18.3. The summed E-state index contributed by atoms with van der Waals surface area (Å²) in [5.74, 6) is 1.06. The smallest absolute Gasteiger partial charge is 0.276 e. The summed E-state index contributed by atoms with van der Waals surface area (Å²) in [5, 5.41) is 3.97. The second-order valence-electron chi connectivity index (χ2n) is 8.33. The van der Waals surface area contributed by atoms with Gasteiger partial charge in [0.05, 0.1) is 17.7 Å². The molecule has 0 saturated carbocycles. The van der Waals surface area contributed by atoms with Gasteiger partial charge in [-0.15, -0.1) is 0 Å². The van der Waals surface area contributed by atoms with Gasteiger partial charge in [-0.3, -0.25) is 0 Å². The first-order chi connectivity index (χ1) is 13.0. The number of ether oxygens (including phenoxy) is 1. The Hall–Kier alpha value is -2.34. The molecule has 152 valence electrons. The molecule has 0 fully saturated rings. The molecule has 0 heterocycles. The predicted molar refractivity (Wildman–Crippen MR) is 115 cm³/mol. The van der Waals surface area contributed by atoms with Crippen molar-refractivity contribution >= 4 is 16.2 Å². The lowest BCUT2D eigenvalue weighted by Crippen LogP contribution is -2.21. The van der Waals surface area contributed by atoms with E-state index in [9.17, 15) is 8.42 Å². The Morgan fingerprint density at radius 3 is 2.46 bits per heavy atom. The molecule has 2 aromatic carbocycles. The monoisotopic (exact) mass is 402 g/mol. The van der Waals surface area contributed by atoms with Crippen molar-refractivity contribution in [3.63, 3.8) is 0 Å². The number of aryl methyl sites for hydroxylation is 1.